The van der Waals surface area contributed by atoms with Gasteiger partial charge in [-0.1, -0.05) is 0 Å². The lowest BCUT2D eigenvalue weighted by atomic mass is 10.2. The van der Waals surface area contributed by atoms with Gasteiger partial charge in [0.1, 0.15) is 23.7 Å². The van der Waals surface area contributed by atoms with Crippen molar-refractivity contribution in [3.63, 3.8) is 0 Å². The lowest BCUT2D eigenvalue weighted by Crippen LogP contribution is -2.27. The van der Waals surface area contributed by atoms with Crippen LogP contribution in [0.15, 0.2) is 41.1 Å². The first-order valence-electron chi connectivity index (χ1n) is 9.96. The number of pyridine rings is 1. The van der Waals surface area contributed by atoms with E-state index in [1.54, 1.807) is 30.1 Å². The van der Waals surface area contributed by atoms with Crippen LogP contribution in [0.1, 0.15) is 13.8 Å². The minimum Gasteiger partial charge on any atom is -0.475 e. The number of likely N-dealkylation sites (N-methyl/N-ethyl adjacent to an activating group) is 1. The normalized spacial score (nSPS) is 12.5. The molecule has 0 unspecified atom stereocenters. The predicted molar refractivity (Wildman–Crippen MR) is 115 cm³/mol. The summed E-state index contributed by atoms with van der Waals surface area (Å²) in [5.41, 5.74) is 7.96. The molecule has 0 fully saturated rings. The Balaban J connectivity index is 1.73. The number of nitrogens with two attached hydrogens (primary N) is 1. The van der Waals surface area contributed by atoms with Gasteiger partial charge in [-0.25, -0.2) is 14.5 Å². The summed E-state index contributed by atoms with van der Waals surface area (Å²) < 4.78 is 18.7. The van der Waals surface area contributed by atoms with Crippen LogP contribution in [0.25, 0.3) is 28.1 Å². The lowest BCUT2D eigenvalue weighted by molar-refractivity contribution is 0.205. The Bertz CT molecular complexity index is 1140. The van der Waals surface area contributed by atoms with Crippen LogP contribution in [0.2, 0.25) is 0 Å². The van der Waals surface area contributed by atoms with Crippen molar-refractivity contribution >= 4 is 22.4 Å². The molecule has 0 radical (unpaired) electrons. The molecular weight excluding hydrogens is 384 g/mol. The monoisotopic (exact) mass is 410 g/mol. The zero-order valence-corrected chi connectivity index (χ0v) is 17.4. The Morgan fingerprint density at radius 1 is 1.27 bits per heavy atom. The smallest absolute Gasteiger partial charge is 0.231 e. The van der Waals surface area contributed by atoms with Gasteiger partial charge in [0.25, 0.3) is 0 Å². The summed E-state index contributed by atoms with van der Waals surface area (Å²) in [6.07, 6.45) is 3.50. The molecule has 0 saturated heterocycles. The van der Waals surface area contributed by atoms with Crippen molar-refractivity contribution in [2.45, 2.75) is 19.9 Å². The van der Waals surface area contributed by atoms with E-state index in [0.29, 0.717) is 30.5 Å². The summed E-state index contributed by atoms with van der Waals surface area (Å²) in [6.45, 7) is 6.54. The van der Waals surface area contributed by atoms with Crippen molar-refractivity contribution in [3.8, 4) is 17.3 Å². The van der Waals surface area contributed by atoms with Gasteiger partial charge in [0.15, 0.2) is 11.4 Å². The minimum atomic E-state index is -0.0781. The first kappa shape index (κ1) is 20.1. The van der Waals surface area contributed by atoms with E-state index in [9.17, 15) is 0 Å². The average molecular weight is 410 g/mol. The molecule has 0 aromatic carbocycles. The molecule has 4 aromatic rings. The van der Waals surface area contributed by atoms with Gasteiger partial charge in [-0.3, -0.25) is 0 Å². The molecule has 9 nitrogen and oxygen atoms in total. The molecule has 4 heterocycles. The third-order valence-corrected chi connectivity index (χ3v) is 4.76. The number of hydrogen-bond acceptors (Lipinski definition) is 8. The van der Waals surface area contributed by atoms with Gasteiger partial charge in [0, 0.05) is 38.5 Å². The van der Waals surface area contributed by atoms with Crippen LogP contribution in [0.4, 0.5) is 5.82 Å². The van der Waals surface area contributed by atoms with Crippen LogP contribution in [0.3, 0.4) is 0 Å². The van der Waals surface area contributed by atoms with Gasteiger partial charge in [-0.05, 0) is 32.0 Å². The number of nitrogens with zero attached hydrogens (tertiary/aromatic N) is 5. The number of aromatic nitrogens is 4. The van der Waals surface area contributed by atoms with Crippen molar-refractivity contribution < 1.29 is 13.9 Å². The Hall–Kier alpha value is -3.17. The van der Waals surface area contributed by atoms with E-state index in [2.05, 4.69) is 26.9 Å². The predicted octanol–water partition coefficient (Wildman–Crippen LogP) is 2.74. The SMILES string of the molecule is CCN(CCOC)c1nccc2oc(-c3cnc4ccc(OC[C@@H](C)N)nn34)cc12. The second-order valence-corrected chi connectivity index (χ2v) is 7.10. The highest BCUT2D eigenvalue weighted by Crippen LogP contribution is 2.33. The molecule has 30 heavy (non-hydrogen) atoms. The fourth-order valence-corrected chi connectivity index (χ4v) is 3.26. The quantitative estimate of drug-likeness (QED) is 0.449. The summed E-state index contributed by atoms with van der Waals surface area (Å²) in [5, 5.41) is 5.48. The molecule has 0 amide bonds. The van der Waals surface area contributed by atoms with E-state index < -0.39 is 0 Å². The third-order valence-electron chi connectivity index (χ3n) is 4.76. The minimum absolute atomic E-state index is 0.0781. The molecule has 0 aliphatic rings. The fourth-order valence-electron chi connectivity index (χ4n) is 3.26. The average Bonchev–Trinajstić information content (AvgIpc) is 3.36. The molecule has 0 spiro atoms. The Morgan fingerprint density at radius 3 is 2.90 bits per heavy atom. The van der Waals surface area contributed by atoms with Crippen molar-refractivity contribution in [2.24, 2.45) is 5.73 Å². The molecule has 2 N–H and O–H groups in total. The topological polar surface area (TPSA) is 104 Å². The van der Waals surface area contributed by atoms with Gasteiger partial charge >= 0.3 is 0 Å². The van der Waals surface area contributed by atoms with E-state index in [1.807, 2.05) is 25.1 Å². The van der Waals surface area contributed by atoms with Gasteiger partial charge < -0.3 is 24.5 Å². The highest BCUT2D eigenvalue weighted by Gasteiger charge is 2.18. The van der Waals surface area contributed by atoms with Crippen LogP contribution >= 0.6 is 0 Å². The van der Waals surface area contributed by atoms with Crippen molar-refractivity contribution in [3.05, 3.63) is 36.7 Å². The van der Waals surface area contributed by atoms with E-state index in [1.165, 1.54) is 0 Å². The summed E-state index contributed by atoms with van der Waals surface area (Å²) in [4.78, 5) is 11.2. The molecule has 9 heteroatoms. The Kier molecular flexibility index (Phi) is 5.82. The molecule has 0 saturated carbocycles. The second kappa shape index (κ2) is 8.68. The maximum Gasteiger partial charge on any atom is 0.231 e. The number of fused-ring (bicyclic) bond motifs is 2. The standard InChI is InChI=1S/C21H26N6O3/c1-4-26(9-10-28-3)21-15-11-18(30-17(15)7-8-23-21)16-12-24-19-5-6-20(25-27(16)19)29-13-14(2)22/h5-8,11-12,14H,4,9-10,13,22H2,1-3H3/t14-/m1/s1. The highest BCUT2D eigenvalue weighted by atomic mass is 16.5. The van der Waals surface area contributed by atoms with Crippen molar-refractivity contribution in [1.82, 2.24) is 19.6 Å². The van der Waals surface area contributed by atoms with Crippen molar-refractivity contribution in [2.75, 3.05) is 38.3 Å². The molecule has 0 aliphatic heterocycles. The largest absolute Gasteiger partial charge is 0.475 e. The lowest BCUT2D eigenvalue weighted by Gasteiger charge is -2.21. The van der Waals surface area contributed by atoms with Gasteiger partial charge in [-0.15, -0.1) is 5.10 Å². The van der Waals surface area contributed by atoms with Gasteiger partial charge in [0.05, 0.1) is 18.2 Å². The summed E-state index contributed by atoms with van der Waals surface area (Å²) >= 11 is 0. The first-order chi connectivity index (χ1) is 14.6. The zero-order valence-electron chi connectivity index (χ0n) is 17.4. The Labute approximate surface area is 174 Å². The zero-order chi connectivity index (χ0) is 21.1. The maximum absolute atomic E-state index is 6.14. The van der Waals surface area contributed by atoms with Gasteiger partial charge in [0.2, 0.25) is 5.88 Å². The van der Waals surface area contributed by atoms with E-state index >= 15 is 0 Å². The number of methoxy groups -OCH3 is 1. The van der Waals surface area contributed by atoms with Crippen LogP contribution in [0.5, 0.6) is 5.88 Å². The number of hydrogen-bond donors (Lipinski definition) is 1. The third kappa shape index (κ3) is 3.94. The van der Waals surface area contributed by atoms with Gasteiger partial charge in [-0.2, -0.15) is 0 Å². The molecule has 4 aromatic heterocycles. The number of furan rings is 1. The summed E-state index contributed by atoms with van der Waals surface area (Å²) in [7, 11) is 1.70. The van der Waals surface area contributed by atoms with E-state index in [-0.39, 0.29) is 6.04 Å². The molecule has 158 valence electrons. The van der Waals surface area contributed by atoms with Crippen LogP contribution in [-0.2, 0) is 4.74 Å². The van der Waals surface area contributed by atoms with E-state index in [0.717, 1.165) is 35.6 Å². The summed E-state index contributed by atoms with van der Waals surface area (Å²) in [5.74, 6) is 2.01. The number of imidazole rings is 1. The summed E-state index contributed by atoms with van der Waals surface area (Å²) in [6, 6.07) is 7.40. The number of anilines is 1. The van der Waals surface area contributed by atoms with Crippen LogP contribution < -0.4 is 15.4 Å². The molecule has 4 rings (SSSR count). The first-order valence-corrected chi connectivity index (χ1v) is 9.96. The fraction of sp³-hybridized carbons (Fsp3) is 0.381. The second-order valence-electron chi connectivity index (χ2n) is 7.10. The van der Waals surface area contributed by atoms with Crippen LogP contribution in [0, 0.1) is 0 Å². The molecule has 0 bridgehead atoms. The van der Waals surface area contributed by atoms with Crippen LogP contribution in [-0.4, -0.2) is 59.0 Å². The molecule has 1 atom stereocenters. The molecule has 0 aliphatic carbocycles. The van der Waals surface area contributed by atoms with E-state index in [4.69, 9.17) is 19.6 Å². The van der Waals surface area contributed by atoms with Crippen molar-refractivity contribution in [1.29, 1.82) is 0 Å². The number of rotatable bonds is 9. The molecular formula is C21H26N6O3. The number of ether oxygens (including phenoxy) is 2. The highest BCUT2D eigenvalue weighted by molar-refractivity contribution is 5.91. The Morgan fingerprint density at radius 2 is 2.13 bits per heavy atom. The maximum atomic E-state index is 6.14.